The van der Waals surface area contributed by atoms with Gasteiger partial charge < -0.3 is 14.6 Å². The predicted molar refractivity (Wildman–Crippen MR) is 99.9 cm³/mol. The van der Waals surface area contributed by atoms with Gasteiger partial charge in [0.05, 0.1) is 24.4 Å². The van der Waals surface area contributed by atoms with Crippen LogP contribution in [0.2, 0.25) is 0 Å². The maximum atomic E-state index is 11.5. The van der Waals surface area contributed by atoms with Crippen molar-refractivity contribution in [3.63, 3.8) is 0 Å². The zero-order valence-electron chi connectivity index (χ0n) is 15.5. The lowest BCUT2D eigenvalue weighted by molar-refractivity contribution is 0.0696. The van der Waals surface area contributed by atoms with Gasteiger partial charge in [0.25, 0.3) is 0 Å². The normalized spacial score (nSPS) is 26.4. The Morgan fingerprint density at radius 1 is 1.30 bits per heavy atom. The summed E-state index contributed by atoms with van der Waals surface area (Å²) in [5.41, 5.74) is 3.82. The topological polar surface area (TPSA) is 97.2 Å². The van der Waals surface area contributed by atoms with Gasteiger partial charge in [-0.1, -0.05) is 19.1 Å². The fourth-order valence-electron chi connectivity index (χ4n) is 3.95. The van der Waals surface area contributed by atoms with Crippen LogP contribution in [0.4, 0.5) is 4.79 Å². The van der Waals surface area contributed by atoms with Gasteiger partial charge in [-0.25, -0.2) is 15.0 Å². The molecule has 1 aromatic rings. The molecule has 146 valence electrons. The van der Waals surface area contributed by atoms with Crippen LogP contribution in [0.15, 0.2) is 29.4 Å². The zero-order valence-corrected chi connectivity index (χ0v) is 15.5. The van der Waals surface area contributed by atoms with Gasteiger partial charge >= 0.3 is 12.1 Å². The molecule has 1 aromatic carbocycles. The van der Waals surface area contributed by atoms with E-state index in [0.29, 0.717) is 18.1 Å². The fourth-order valence-corrected chi connectivity index (χ4v) is 3.95. The summed E-state index contributed by atoms with van der Waals surface area (Å²) in [6, 6.07) is 7.01. The van der Waals surface area contributed by atoms with E-state index in [1.165, 1.54) is 0 Å². The van der Waals surface area contributed by atoms with E-state index in [2.05, 4.69) is 10.5 Å². The quantitative estimate of drug-likeness (QED) is 0.538. The van der Waals surface area contributed by atoms with E-state index in [-0.39, 0.29) is 18.1 Å². The fraction of sp³-hybridized carbons (Fsp3) is 0.550. The molecule has 2 heterocycles. The number of nitrogens with one attached hydrogen (secondary N) is 1. The third kappa shape index (κ3) is 4.86. The van der Waals surface area contributed by atoms with Crippen molar-refractivity contribution < 1.29 is 24.2 Å². The lowest BCUT2D eigenvalue weighted by Gasteiger charge is -2.25. The maximum Gasteiger partial charge on any atom is 0.427 e. The van der Waals surface area contributed by atoms with Gasteiger partial charge in [-0.2, -0.15) is 5.10 Å². The van der Waals surface area contributed by atoms with Crippen molar-refractivity contribution >= 4 is 18.3 Å². The summed E-state index contributed by atoms with van der Waals surface area (Å²) < 4.78 is 11.0. The van der Waals surface area contributed by atoms with E-state index >= 15 is 0 Å². The average Bonchev–Trinajstić information content (AvgIpc) is 3.27. The van der Waals surface area contributed by atoms with Crippen LogP contribution in [0.25, 0.3) is 0 Å². The lowest BCUT2D eigenvalue weighted by atomic mass is 9.77. The minimum Gasteiger partial charge on any atom is -0.478 e. The second-order valence-electron chi connectivity index (χ2n) is 7.10. The van der Waals surface area contributed by atoms with Crippen molar-refractivity contribution in [1.82, 2.24) is 5.43 Å². The number of carbonyl (C=O) groups is 2. The van der Waals surface area contributed by atoms with Crippen LogP contribution in [0.5, 0.6) is 0 Å². The minimum atomic E-state index is -0.913. The predicted octanol–water partition coefficient (Wildman–Crippen LogP) is 3.23. The SMILES string of the molecule is CCCOC(=O)NN=CC1C2CCC(O2)C1CCc1ccc(C(=O)O)cc1. The molecule has 2 saturated heterocycles. The van der Waals surface area contributed by atoms with Gasteiger partial charge in [0, 0.05) is 12.1 Å². The molecule has 4 unspecified atom stereocenters. The van der Waals surface area contributed by atoms with Crippen LogP contribution in [0.1, 0.15) is 48.5 Å². The van der Waals surface area contributed by atoms with Crippen LogP contribution >= 0.6 is 0 Å². The van der Waals surface area contributed by atoms with Crippen LogP contribution in [0, 0.1) is 11.8 Å². The Kier molecular flexibility index (Phi) is 6.45. The van der Waals surface area contributed by atoms with E-state index in [9.17, 15) is 9.59 Å². The van der Waals surface area contributed by atoms with Gasteiger partial charge in [-0.3, -0.25) is 0 Å². The molecule has 7 heteroatoms. The number of nitrogens with zero attached hydrogens (tertiary/aromatic N) is 1. The molecule has 0 spiro atoms. The number of carboxylic acids is 1. The first-order valence-corrected chi connectivity index (χ1v) is 9.52. The van der Waals surface area contributed by atoms with Crippen molar-refractivity contribution in [3.8, 4) is 0 Å². The first kappa shape index (κ1) is 19.4. The van der Waals surface area contributed by atoms with Gasteiger partial charge in [-0.15, -0.1) is 0 Å². The molecule has 27 heavy (non-hydrogen) atoms. The standard InChI is InChI=1S/C20H26N2O5/c1-2-11-26-20(25)22-21-12-16-15(17-9-10-18(16)27-17)8-5-13-3-6-14(7-4-13)19(23)24/h3-4,6-7,12,15-18H,2,5,8-11H2,1H3,(H,22,25)(H,23,24). The molecule has 4 atom stereocenters. The minimum absolute atomic E-state index is 0.159. The summed E-state index contributed by atoms with van der Waals surface area (Å²) in [4.78, 5) is 22.4. The van der Waals surface area contributed by atoms with Crippen molar-refractivity contribution in [1.29, 1.82) is 0 Å². The van der Waals surface area contributed by atoms with Crippen molar-refractivity contribution in [2.24, 2.45) is 16.9 Å². The van der Waals surface area contributed by atoms with Gasteiger partial charge in [-0.05, 0) is 55.7 Å². The van der Waals surface area contributed by atoms with Crippen LogP contribution in [0.3, 0.4) is 0 Å². The van der Waals surface area contributed by atoms with Crippen molar-refractivity contribution in [2.45, 2.75) is 51.2 Å². The smallest absolute Gasteiger partial charge is 0.427 e. The van der Waals surface area contributed by atoms with E-state index in [1.54, 1.807) is 18.3 Å². The molecule has 0 aliphatic carbocycles. The molecule has 2 aliphatic rings. The zero-order chi connectivity index (χ0) is 19.2. The highest BCUT2D eigenvalue weighted by molar-refractivity contribution is 5.87. The summed E-state index contributed by atoms with van der Waals surface area (Å²) in [5, 5.41) is 13.1. The van der Waals surface area contributed by atoms with Gasteiger partial charge in [0.15, 0.2) is 0 Å². The number of rotatable bonds is 8. The molecule has 2 fully saturated rings. The molecular weight excluding hydrogens is 348 g/mol. The highest BCUT2D eigenvalue weighted by Gasteiger charge is 2.47. The Morgan fingerprint density at radius 2 is 2.04 bits per heavy atom. The summed E-state index contributed by atoms with van der Waals surface area (Å²) in [6.45, 7) is 2.31. The van der Waals surface area contributed by atoms with Crippen LogP contribution in [-0.4, -0.2) is 42.2 Å². The van der Waals surface area contributed by atoms with Crippen molar-refractivity contribution in [3.05, 3.63) is 35.4 Å². The Morgan fingerprint density at radius 3 is 2.74 bits per heavy atom. The summed E-state index contributed by atoms with van der Waals surface area (Å²) in [5.74, 6) is -0.391. The molecular formula is C20H26N2O5. The number of benzene rings is 1. The largest absolute Gasteiger partial charge is 0.478 e. The molecule has 0 radical (unpaired) electrons. The first-order chi connectivity index (χ1) is 13.1. The summed E-state index contributed by atoms with van der Waals surface area (Å²) in [7, 11) is 0. The number of hydrogen-bond donors (Lipinski definition) is 2. The van der Waals surface area contributed by atoms with Gasteiger partial charge in [0.2, 0.25) is 0 Å². The molecule has 7 nitrogen and oxygen atoms in total. The molecule has 0 saturated carbocycles. The molecule has 2 N–H and O–H groups in total. The highest BCUT2D eigenvalue weighted by atomic mass is 16.6. The Hall–Kier alpha value is -2.41. The number of aromatic carboxylic acids is 1. The molecule has 2 aliphatic heterocycles. The maximum absolute atomic E-state index is 11.5. The summed E-state index contributed by atoms with van der Waals surface area (Å²) >= 11 is 0. The molecule has 3 rings (SSSR count). The number of carboxylic acid groups (broad SMARTS) is 1. The number of aryl methyl sites for hydroxylation is 1. The first-order valence-electron chi connectivity index (χ1n) is 9.52. The number of hydrazone groups is 1. The lowest BCUT2D eigenvalue weighted by Crippen LogP contribution is -2.30. The molecule has 2 bridgehead atoms. The third-order valence-electron chi connectivity index (χ3n) is 5.29. The van der Waals surface area contributed by atoms with Crippen LogP contribution in [-0.2, 0) is 15.9 Å². The number of carbonyl (C=O) groups excluding carboxylic acids is 1. The molecule has 0 aromatic heterocycles. The van der Waals surface area contributed by atoms with Crippen LogP contribution < -0.4 is 5.43 Å². The molecule has 1 amide bonds. The Balaban J connectivity index is 1.55. The number of amides is 1. The second kappa shape index (κ2) is 8.99. The second-order valence-corrected chi connectivity index (χ2v) is 7.10. The van der Waals surface area contributed by atoms with Gasteiger partial charge in [0.1, 0.15) is 0 Å². The number of fused-ring (bicyclic) bond motifs is 2. The number of hydrogen-bond acceptors (Lipinski definition) is 5. The monoisotopic (exact) mass is 374 g/mol. The van der Waals surface area contributed by atoms with Crippen molar-refractivity contribution in [2.75, 3.05) is 6.61 Å². The van der Waals surface area contributed by atoms with E-state index in [4.69, 9.17) is 14.6 Å². The van der Waals surface area contributed by atoms with E-state index in [0.717, 1.165) is 37.7 Å². The Labute approximate surface area is 158 Å². The number of ether oxygens (including phenoxy) is 2. The Bertz CT molecular complexity index is 688. The van der Waals surface area contributed by atoms with E-state index < -0.39 is 12.1 Å². The third-order valence-corrected chi connectivity index (χ3v) is 5.29. The average molecular weight is 374 g/mol. The summed E-state index contributed by atoms with van der Waals surface area (Å²) in [6.07, 6.45) is 6.28. The van der Waals surface area contributed by atoms with E-state index in [1.807, 2.05) is 19.1 Å². The highest BCUT2D eigenvalue weighted by Crippen LogP contribution is 2.44.